The fourth-order valence-corrected chi connectivity index (χ4v) is 3.37. The van der Waals surface area contributed by atoms with E-state index < -0.39 is 0 Å². The molecule has 1 fully saturated rings. The maximum absolute atomic E-state index is 13.2. The SMILES string of the molecule is CCn1nccc1C(=O)N1CCO[C@@H](CN(C)C)[C@@H]1c1cnn(C)c1. The molecule has 0 spiro atoms. The Morgan fingerprint density at radius 1 is 1.40 bits per heavy atom. The molecule has 25 heavy (non-hydrogen) atoms. The highest BCUT2D eigenvalue weighted by Gasteiger charge is 2.38. The lowest BCUT2D eigenvalue weighted by Crippen LogP contribution is -2.51. The molecule has 2 aromatic rings. The zero-order valence-corrected chi connectivity index (χ0v) is 15.3. The van der Waals surface area contributed by atoms with Gasteiger partial charge in [-0.1, -0.05) is 0 Å². The second-order valence-electron chi connectivity index (χ2n) is 6.59. The molecule has 1 aliphatic rings. The molecular formula is C17H26N6O2. The van der Waals surface area contributed by atoms with Crippen molar-refractivity contribution in [3.63, 3.8) is 0 Å². The van der Waals surface area contributed by atoms with Gasteiger partial charge in [-0.2, -0.15) is 10.2 Å². The van der Waals surface area contributed by atoms with Crippen LogP contribution in [0.15, 0.2) is 24.7 Å². The minimum atomic E-state index is -0.169. The highest BCUT2D eigenvalue weighted by atomic mass is 16.5. The summed E-state index contributed by atoms with van der Waals surface area (Å²) >= 11 is 0. The van der Waals surface area contributed by atoms with Crippen LogP contribution < -0.4 is 0 Å². The summed E-state index contributed by atoms with van der Waals surface area (Å²) < 4.78 is 9.52. The van der Waals surface area contributed by atoms with E-state index in [4.69, 9.17) is 4.74 Å². The molecule has 3 rings (SSSR count). The van der Waals surface area contributed by atoms with Gasteiger partial charge in [-0.25, -0.2) is 0 Å². The molecule has 136 valence electrons. The van der Waals surface area contributed by atoms with E-state index in [1.54, 1.807) is 21.6 Å². The lowest BCUT2D eigenvalue weighted by atomic mass is 10.00. The van der Waals surface area contributed by atoms with Gasteiger partial charge in [0.1, 0.15) is 5.69 Å². The van der Waals surface area contributed by atoms with Gasteiger partial charge in [0.05, 0.1) is 24.9 Å². The quantitative estimate of drug-likeness (QED) is 0.800. The van der Waals surface area contributed by atoms with Crippen molar-refractivity contribution in [3.05, 3.63) is 35.9 Å². The van der Waals surface area contributed by atoms with Crippen LogP contribution in [0.1, 0.15) is 29.0 Å². The third kappa shape index (κ3) is 3.59. The van der Waals surface area contributed by atoms with Crippen molar-refractivity contribution >= 4 is 5.91 Å². The zero-order valence-electron chi connectivity index (χ0n) is 15.3. The van der Waals surface area contributed by atoms with Crippen molar-refractivity contribution in [3.8, 4) is 0 Å². The third-order valence-corrected chi connectivity index (χ3v) is 4.46. The van der Waals surface area contributed by atoms with Gasteiger partial charge in [-0.3, -0.25) is 14.2 Å². The highest BCUT2D eigenvalue weighted by Crippen LogP contribution is 2.31. The van der Waals surface area contributed by atoms with E-state index in [2.05, 4.69) is 15.1 Å². The van der Waals surface area contributed by atoms with E-state index in [1.807, 2.05) is 45.4 Å². The first-order valence-electron chi connectivity index (χ1n) is 8.59. The summed E-state index contributed by atoms with van der Waals surface area (Å²) in [6.07, 6.45) is 5.35. The molecule has 8 nitrogen and oxygen atoms in total. The molecule has 1 aliphatic heterocycles. The maximum Gasteiger partial charge on any atom is 0.272 e. The number of ether oxygens (including phenoxy) is 1. The Bertz CT molecular complexity index is 722. The Labute approximate surface area is 148 Å². The molecule has 2 aromatic heterocycles. The number of nitrogens with zero attached hydrogens (tertiary/aromatic N) is 6. The van der Waals surface area contributed by atoms with Crippen molar-refractivity contribution in [2.45, 2.75) is 25.6 Å². The lowest BCUT2D eigenvalue weighted by molar-refractivity contribution is -0.0687. The van der Waals surface area contributed by atoms with Crippen LogP contribution in [0.25, 0.3) is 0 Å². The van der Waals surface area contributed by atoms with Gasteiger partial charge in [-0.05, 0) is 27.1 Å². The van der Waals surface area contributed by atoms with E-state index in [1.165, 1.54) is 0 Å². The van der Waals surface area contributed by atoms with E-state index in [0.717, 1.165) is 12.1 Å². The van der Waals surface area contributed by atoms with Gasteiger partial charge < -0.3 is 14.5 Å². The molecule has 0 aliphatic carbocycles. The number of carbonyl (C=O) groups is 1. The second-order valence-corrected chi connectivity index (χ2v) is 6.59. The number of morpholine rings is 1. The summed E-state index contributed by atoms with van der Waals surface area (Å²) in [7, 11) is 5.90. The predicted octanol–water partition coefficient (Wildman–Crippen LogP) is 0.780. The molecule has 1 saturated heterocycles. The van der Waals surface area contributed by atoms with Crippen molar-refractivity contribution in [2.24, 2.45) is 7.05 Å². The minimum absolute atomic E-state index is 0.0136. The first-order valence-corrected chi connectivity index (χ1v) is 8.59. The fourth-order valence-electron chi connectivity index (χ4n) is 3.37. The molecule has 1 amide bonds. The standard InChI is InChI=1S/C17H26N6O2/c1-5-23-14(6-7-18-23)17(24)22-8-9-25-15(12-20(2)3)16(22)13-10-19-21(4)11-13/h6-7,10-11,15-16H,5,8-9,12H2,1-4H3/t15-,16-/m0/s1. The third-order valence-electron chi connectivity index (χ3n) is 4.46. The molecule has 2 atom stereocenters. The van der Waals surface area contributed by atoms with Gasteiger partial charge >= 0.3 is 0 Å². The number of aryl methyl sites for hydroxylation is 2. The first kappa shape index (κ1) is 17.6. The van der Waals surface area contributed by atoms with E-state index in [9.17, 15) is 4.79 Å². The van der Waals surface area contributed by atoms with Crippen LogP contribution >= 0.6 is 0 Å². The highest BCUT2D eigenvalue weighted by molar-refractivity contribution is 5.93. The van der Waals surface area contributed by atoms with Crippen LogP contribution in [0.4, 0.5) is 0 Å². The minimum Gasteiger partial charge on any atom is -0.373 e. The number of carbonyl (C=O) groups excluding carboxylic acids is 1. The van der Waals surface area contributed by atoms with Gasteiger partial charge in [0.25, 0.3) is 5.91 Å². The summed E-state index contributed by atoms with van der Waals surface area (Å²) in [6, 6.07) is 1.61. The molecule has 0 aromatic carbocycles. The molecule has 0 unspecified atom stereocenters. The summed E-state index contributed by atoms with van der Waals surface area (Å²) in [5.74, 6) is -0.0136. The van der Waals surface area contributed by atoms with Crippen molar-refractivity contribution in [2.75, 3.05) is 33.8 Å². The van der Waals surface area contributed by atoms with Gasteiger partial charge in [0.2, 0.25) is 0 Å². The Kier molecular flexibility index (Phi) is 5.19. The molecule has 0 radical (unpaired) electrons. The molecule has 0 bridgehead atoms. The van der Waals surface area contributed by atoms with Crippen LogP contribution in [0.2, 0.25) is 0 Å². The number of rotatable bonds is 5. The topological polar surface area (TPSA) is 68.4 Å². The average molecular weight is 346 g/mol. The predicted molar refractivity (Wildman–Crippen MR) is 93.2 cm³/mol. The van der Waals surface area contributed by atoms with Crippen molar-refractivity contribution in [1.82, 2.24) is 29.4 Å². The summed E-state index contributed by atoms with van der Waals surface area (Å²) in [4.78, 5) is 17.2. The summed E-state index contributed by atoms with van der Waals surface area (Å²) in [6.45, 7) is 4.46. The van der Waals surface area contributed by atoms with E-state index in [-0.39, 0.29) is 18.1 Å². The lowest BCUT2D eigenvalue weighted by Gasteiger charge is -2.41. The van der Waals surface area contributed by atoms with Crippen LogP contribution in [0, 0.1) is 0 Å². The number of amides is 1. The van der Waals surface area contributed by atoms with Gasteiger partial charge in [0, 0.05) is 44.6 Å². The van der Waals surface area contributed by atoms with E-state index in [0.29, 0.717) is 25.4 Å². The second kappa shape index (κ2) is 7.37. The fraction of sp³-hybridized carbons (Fsp3) is 0.588. The first-order chi connectivity index (χ1) is 12.0. The number of hydrogen-bond acceptors (Lipinski definition) is 5. The van der Waals surface area contributed by atoms with Crippen LogP contribution in [0.5, 0.6) is 0 Å². The normalized spacial score (nSPS) is 21.1. The van der Waals surface area contributed by atoms with Crippen LogP contribution in [-0.4, -0.2) is 75.2 Å². The van der Waals surface area contributed by atoms with Gasteiger partial charge in [0.15, 0.2) is 0 Å². The zero-order chi connectivity index (χ0) is 18.0. The Morgan fingerprint density at radius 3 is 2.84 bits per heavy atom. The molecule has 0 saturated carbocycles. The number of aromatic nitrogens is 4. The number of likely N-dealkylation sites (N-methyl/N-ethyl adjacent to an activating group) is 1. The van der Waals surface area contributed by atoms with Crippen molar-refractivity contribution in [1.29, 1.82) is 0 Å². The molecule has 0 N–H and O–H groups in total. The molecule has 3 heterocycles. The van der Waals surface area contributed by atoms with Crippen LogP contribution in [0.3, 0.4) is 0 Å². The monoisotopic (exact) mass is 346 g/mol. The molecular weight excluding hydrogens is 320 g/mol. The van der Waals surface area contributed by atoms with E-state index >= 15 is 0 Å². The maximum atomic E-state index is 13.2. The van der Waals surface area contributed by atoms with Crippen molar-refractivity contribution < 1.29 is 9.53 Å². The Hall–Kier alpha value is -2.19. The summed E-state index contributed by atoms with van der Waals surface area (Å²) in [5, 5.41) is 8.52. The largest absolute Gasteiger partial charge is 0.373 e. The van der Waals surface area contributed by atoms with Gasteiger partial charge in [-0.15, -0.1) is 0 Å². The Balaban J connectivity index is 1.95. The smallest absolute Gasteiger partial charge is 0.272 e. The van der Waals surface area contributed by atoms with Crippen LogP contribution in [-0.2, 0) is 18.3 Å². The average Bonchev–Trinajstić information content (AvgIpc) is 3.22. The Morgan fingerprint density at radius 2 is 2.20 bits per heavy atom. The summed E-state index contributed by atoms with van der Waals surface area (Å²) in [5.41, 5.74) is 1.60. The molecule has 8 heteroatoms. The number of hydrogen-bond donors (Lipinski definition) is 0.